The second-order valence-electron chi connectivity index (χ2n) is 5.93. The summed E-state index contributed by atoms with van der Waals surface area (Å²) in [6.07, 6.45) is 2.53. The van der Waals surface area contributed by atoms with Crippen molar-refractivity contribution in [2.75, 3.05) is 7.11 Å². The minimum atomic E-state index is 0.538. The summed E-state index contributed by atoms with van der Waals surface area (Å²) in [5.41, 5.74) is 3.54. The molecular formula is C19H22BrNO2. The van der Waals surface area contributed by atoms with E-state index in [1.165, 1.54) is 24.0 Å². The fourth-order valence-electron chi connectivity index (χ4n) is 2.52. The molecule has 122 valence electrons. The highest BCUT2D eigenvalue weighted by Gasteiger charge is 2.22. The van der Waals surface area contributed by atoms with E-state index < -0.39 is 0 Å². The number of rotatable bonds is 7. The third-order valence-corrected chi connectivity index (χ3v) is 4.91. The first-order valence-electron chi connectivity index (χ1n) is 7.95. The lowest BCUT2D eigenvalue weighted by Gasteiger charge is -2.17. The van der Waals surface area contributed by atoms with Crippen molar-refractivity contribution < 1.29 is 9.47 Å². The fourth-order valence-corrected chi connectivity index (χ4v) is 2.97. The van der Waals surface area contributed by atoms with Crippen LogP contribution < -0.4 is 14.8 Å². The molecule has 0 amide bonds. The Morgan fingerprint density at radius 3 is 2.65 bits per heavy atom. The van der Waals surface area contributed by atoms with Gasteiger partial charge < -0.3 is 14.8 Å². The van der Waals surface area contributed by atoms with Crippen molar-refractivity contribution in [1.82, 2.24) is 5.32 Å². The molecule has 2 aromatic carbocycles. The van der Waals surface area contributed by atoms with Gasteiger partial charge in [0, 0.05) is 22.6 Å². The van der Waals surface area contributed by atoms with Crippen LogP contribution in [0.15, 0.2) is 40.9 Å². The molecule has 1 N–H and O–H groups in total. The number of nitrogens with one attached hydrogen (secondary N) is 1. The lowest BCUT2D eigenvalue weighted by molar-refractivity contribution is 0.279. The summed E-state index contributed by atoms with van der Waals surface area (Å²) in [6, 6.07) is 12.9. The monoisotopic (exact) mass is 375 g/mol. The van der Waals surface area contributed by atoms with Crippen molar-refractivity contribution >= 4 is 15.9 Å². The maximum Gasteiger partial charge on any atom is 0.167 e. The molecule has 0 unspecified atom stereocenters. The second-order valence-corrected chi connectivity index (χ2v) is 6.78. The summed E-state index contributed by atoms with van der Waals surface area (Å²) >= 11 is 3.65. The number of aryl methyl sites for hydroxylation is 1. The molecule has 0 aliphatic heterocycles. The predicted octanol–water partition coefficient (Wildman–Crippen LogP) is 4.60. The van der Waals surface area contributed by atoms with Gasteiger partial charge in [0.2, 0.25) is 0 Å². The first kappa shape index (κ1) is 16.3. The predicted molar refractivity (Wildman–Crippen MR) is 96.1 cm³/mol. The lowest BCUT2D eigenvalue weighted by atomic mass is 10.1. The summed E-state index contributed by atoms with van der Waals surface area (Å²) in [7, 11) is 1.68. The van der Waals surface area contributed by atoms with Gasteiger partial charge in [-0.25, -0.2) is 0 Å². The molecule has 3 rings (SSSR count). The van der Waals surface area contributed by atoms with Gasteiger partial charge in [0.05, 0.1) is 7.11 Å². The fraction of sp³-hybridized carbons (Fsp3) is 0.368. The van der Waals surface area contributed by atoms with E-state index in [9.17, 15) is 0 Å². The third kappa shape index (κ3) is 4.06. The van der Waals surface area contributed by atoms with Crippen LogP contribution in [0.5, 0.6) is 11.5 Å². The summed E-state index contributed by atoms with van der Waals surface area (Å²) < 4.78 is 12.7. The van der Waals surface area contributed by atoms with E-state index >= 15 is 0 Å². The zero-order valence-electron chi connectivity index (χ0n) is 13.6. The summed E-state index contributed by atoms with van der Waals surface area (Å²) in [5.74, 6) is 1.59. The van der Waals surface area contributed by atoms with E-state index in [2.05, 4.69) is 40.3 Å². The number of halogens is 1. The SMILES string of the molecule is COc1ccc(Br)c(CNC2CC2)c1OCc1ccccc1C. The van der Waals surface area contributed by atoms with Crippen LogP contribution in [0.1, 0.15) is 29.5 Å². The lowest BCUT2D eigenvalue weighted by Crippen LogP contribution is -2.17. The summed E-state index contributed by atoms with van der Waals surface area (Å²) in [4.78, 5) is 0. The van der Waals surface area contributed by atoms with Gasteiger partial charge in [-0.2, -0.15) is 0 Å². The maximum absolute atomic E-state index is 6.16. The Morgan fingerprint density at radius 2 is 1.96 bits per heavy atom. The first-order chi connectivity index (χ1) is 11.2. The molecule has 1 aliphatic rings. The Hall–Kier alpha value is -1.52. The Morgan fingerprint density at radius 1 is 1.17 bits per heavy atom. The summed E-state index contributed by atoms with van der Waals surface area (Å²) in [5, 5.41) is 3.55. The third-order valence-electron chi connectivity index (χ3n) is 4.17. The average Bonchev–Trinajstić information content (AvgIpc) is 3.37. The number of hydrogen-bond donors (Lipinski definition) is 1. The topological polar surface area (TPSA) is 30.5 Å². The van der Waals surface area contributed by atoms with Crippen LogP contribution in [-0.4, -0.2) is 13.2 Å². The second kappa shape index (κ2) is 7.37. The zero-order valence-corrected chi connectivity index (χ0v) is 15.2. The molecule has 0 radical (unpaired) electrons. The van der Waals surface area contributed by atoms with Crippen LogP contribution in [-0.2, 0) is 13.2 Å². The molecule has 1 aliphatic carbocycles. The number of methoxy groups -OCH3 is 1. The minimum absolute atomic E-state index is 0.538. The number of ether oxygens (including phenoxy) is 2. The molecule has 0 aromatic heterocycles. The smallest absolute Gasteiger partial charge is 0.167 e. The van der Waals surface area contributed by atoms with Gasteiger partial charge in [-0.3, -0.25) is 0 Å². The Kier molecular flexibility index (Phi) is 5.23. The number of hydrogen-bond acceptors (Lipinski definition) is 3. The molecule has 2 aromatic rings. The maximum atomic E-state index is 6.16. The molecule has 23 heavy (non-hydrogen) atoms. The van der Waals surface area contributed by atoms with Crippen LogP contribution in [0.2, 0.25) is 0 Å². The van der Waals surface area contributed by atoms with Gasteiger partial charge in [-0.15, -0.1) is 0 Å². The standard InChI is InChI=1S/C19H22BrNO2/c1-13-5-3-4-6-14(13)12-23-19-16(11-21-15-7-8-15)17(20)9-10-18(19)22-2/h3-6,9-10,15,21H,7-8,11-12H2,1-2H3. The van der Waals surface area contributed by atoms with Gasteiger partial charge in [0.1, 0.15) is 6.61 Å². The Labute approximate surface area is 146 Å². The van der Waals surface area contributed by atoms with Crippen molar-refractivity contribution in [2.24, 2.45) is 0 Å². The highest BCUT2D eigenvalue weighted by molar-refractivity contribution is 9.10. The zero-order chi connectivity index (χ0) is 16.2. The minimum Gasteiger partial charge on any atom is -0.493 e. The molecule has 1 saturated carbocycles. The van der Waals surface area contributed by atoms with Crippen LogP contribution in [0, 0.1) is 6.92 Å². The largest absolute Gasteiger partial charge is 0.493 e. The van der Waals surface area contributed by atoms with Gasteiger partial charge in [0.25, 0.3) is 0 Å². The molecule has 0 saturated heterocycles. The van der Waals surface area contributed by atoms with Crippen molar-refractivity contribution in [1.29, 1.82) is 0 Å². The van der Waals surface area contributed by atoms with Gasteiger partial charge in [-0.05, 0) is 43.0 Å². The Bertz CT molecular complexity index is 683. The average molecular weight is 376 g/mol. The van der Waals surface area contributed by atoms with E-state index in [0.717, 1.165) is 28.1 Å². The molecular weight excluding hydrogens is 354 g/mol. The number of benzene rings is 2. The molecule has 3 nitrogen and oxygen atoms in total. The van der Waals surface area contributed by atoms with Crippen LogP contribution in [0.25, 0.3) is 0 Å². The van der Waals surface area contributed by atoms with E-state index in [0.29, 0.717) is 12.6 Å². The van der Waals surface area contributed by atoms with Crippen molar-refractivity contribution in [3.8, 4) is 11.5 Å². The molecule has 0 bridgehead atoms. The van der Waals surface area contributed by atoms with Gasteiger partial charge >= 0.3 is 0 Å². The van der Waals surface area contributed by atoms with Crippen molar-refractivity contribution in [3.63, 3.8) is 0 Å². The molecule has 0 heterocycles. The first-order valence-corrected chi connectivity index (χ1v) is 8.74. The van der Waals surface area contributed by atoms with E-state index in [1.54, 1.807) is 7.11 Å². The Balaban J connectivity index is 1.82. The van der Waals surface area contributed by atoms with E-state index in [4.69, 9.17) is 9.47 Å². The van der Waals surface area contributed by atoms with Crippen LogP contribution in [0.4, 0.5) is 0 Å². The normalized spacial score (nSPS) is 13.9. The van der Waals surface area contributed by atoms with Crippen LogP contribution >= 0.6 is 15.9 Å². The molecule has 1 fully saturated rings. The summed E-state index contributed by atoms with van der Waals surface area (Å²) in [6.45, 7) is 3.42. The van der Waals surface area contributed by atoms with Crippen LogP contribution in [0.3, 0.4) is 0 Å². The molecule has 0 atom stereocenters. The van der Waals surface area contributed by atoms with Crippen molar-refractivity contribution in [2.45, 2.75) is 39.0 Å². The molecule has 0 spiro atoms. The quantitative estimate of drug-likeness (QED) is 0.766. The van der Waals surface area contributed by atoms with Crippen molar-refractivity contribution in [3.05, 3.63) is 57.6 Å². The molecule has 4 heteroatoms. The highest BCUT2D eigenvalue weighted by atomic mass is 79.9. The van der Waals surface area contributed by atoms with E-state index in [-0.39, 0.29) is 0 Å². The van der Waals surface area contributed by atoms with Gasteiger partial charge in [-0.1, -0.05) is 40.2 Å². The van der Waals surface area contributed by atoms with Gasteiger partial charge in [0.15, 0.2) is 11.5 Å². The highest BCUT2D eigenvalue weighted by Crippen LogP contribution is 2.37. The van der Waals surface area contributed by atoms with E-state index in [1.807, 2.05) is 24.3 Å².